The Hall–Kier alpha value is -0.380. The van der Waals surface area contributed by atoms with Crippen molar-refractivity contribution < 1.29 is 4.74 Å². The van der Waals surface area contributed by atoms with Crippen LogP contribution >= 0.6 is 15.9 Å². The van der Waals surface area contributed by atoms with Crippen molar-refractivity contribution in [3.05, 3.63) is 34.3 Å². The molecule has 3 rings (SSSR count). The molecule has 1 aliphatic carbocycles. The lowest BCUT2D eigenvalue weighted by molar-refractivity contribution is -0.0157. The Morgan fingerprint density at radius 1 is 1.19 bits per heavy atom. The number of benzene rings is 1. The summed E-state index contributed by atoms with van der Waals surface area (Å²) in [6.45, 7) is 1.80. The first-order chi connectivity index (χ1) is 7.81. The summed E-state index contributed by atoms with van der Waals surface area (Å²) in [4.78, 5) is 0. The van der Waals surface area contributed by atoms with E-state index < -0.39 is 0 Å². The van der Waals surface area contributed by atoms with E-state index in [1.54, 1.807) is 0 Å². The fourth-order valence-corrected chi connectivity index (χ4v) is 2.87. The van der Waals surface area contributed by atoms with Gasteiger partial charge in [0.2, 0.25) is 0 Å². The molecule has 2 aliphatic rings. The molecule has 1 aromatic rings. The highest BCUT2D eigenvalue weighted by Gasteiger charge is 2.33. The summed E-state index contributed by atoms with van der Waals surface area (Å²) < 4.78 is 6.35. The highest BCUT2D eigenvalue weighted by molar-refractivity contribution is 9.10. The van der Waals surface area contributed by atoms with Gasteiger partial charge in [0.05, 0.1) is 19.3 Å². The van der Waals surface area contributed by atoms with Crippen LogP contribution in [0.1, 0.15) is 24.3 Å². The fourth-order valence-electron chi connectivity index (χ4n) is 2.45. The molecule has 16 heavy (non-hydrogen) atoms. The minimum atomic E-state index is 0.619. The predicted molar refractivity (Wildman–Crippen MR) is 67.6 cm³/mol. The van der Waals surface area contributed by atoms with Crippen molar-refractivity contribution in [1.82, 2.24) is 5.32 Å². The van der Waals surface area contributed by atoms with Crippen molar-refractivity contribution in [3.63, 3.8) is 0 Å². The van der Waals surface area contributed by atoms with Crippen LogP contribution in [0.5, 0.6) is 0 Å². The monoisotopic (exact) mass is 281 g/mol. The lowest BCUT2D eigenvalue weighted by Gasteiger charge is -2.41. The van der Waals surface area contributed by atoms with Gasteiger partial charge in [-0.15, -0.1) is 0 Å². The zero-order valence-electron chi connectivity index (χ0n) is 9.16. The Morgan fingerprint density at radius 3 is 2.62 bits per heavy atom. The number of hydrogen-bond acceptors (Lipinski definition) is 2. The molecule has 1 aromatic carbocycles. The van der Waals surface area contributed by atoms with Crippen molar-refractivity contribution in [3.8, 4) is 0 Å². The topological polar surface area (TPSA) is 21.3 Å². The molecule has 0 bridgehead atoms. The highest BCUT2D eigenvalue weighted by atomic mass is 79.9. The molecule has 0 amide bonds. The van der Waals surface area contributed by atoms with E-state index in [-0.39, 0.29) is 0 Å². The van der Waals surface area contributed by atoms with Crippen LogP contribution in [0.25, 0.3) is 0 Å². The maximum absolute atomic E-state index is 5.16. The van der Waals surface area contributed by atoms with Crippen LogP contribution < -0.4 is 5.32 Å². The molecule has 1 aliphatic heterocycles. The van der Waals surface area contributed by atoms with Crippen LogP contribution in [0.2, 0.25) is 0 Å². The molecule has 0 spiro atoms. The minimum Gasteiger partial charge on any atom is -0.378 e. The molecule has 0 atom stereocenters. The molecule has 0 unspecified atom stereocenters. The van der Waals surface area contributed by atoms with Crippen LogP contribution in [0, 0.1) is 0 Å². The van der Waals surface area contributed by atoms with Gasteiger partial charge in [-0.25, -0.2) is 0 Å². The summed E-state index contributed by atoms with van der Waals surface area (Å²) in [5.74, 6) is 0.746. The fraction of sp³-hybridized carbons (Fsp3) is 0.538. The van der Waals surface area contributed by atoms with Gasteiger partial charge in [-0.1, -0.05) is 28.1 Å². The van der Waals surface area contributed by atoms with E-state index in [0.717, 1.165) is 19.1 Å². The summed E-state index contributed by atoms with van der Waals surface area (Å²) in [5, 5.41) is 3.63. The Morgan fingerprint density at radius 2 is 2.00 bits per heavy atom. The van der Waals surface area contributed by atoms with Gasteiger partial charge in [0.1, 0.15) is 0 Å². The van der Waals surface area contributed by atoms with E-state index >= 15 is 0 Å². The molecule has 1 saturated carbocycles. The molecule has 86 valence electrons. The maximum Gasteiger partial charge on any atom is 0.0643 e. The zero-order valence-corrected chi connectivity index (χ0v) is 10.7. The zero-order chi connectivity index (χ0) is 11.0. The summed E-state index contributed by atoms with van der Waals surface area (Å²) in [6, 6.07) is 10.0. The van der Waals surface area contributed by atoms with Gasteiger partial charge in [-0.05, 0) is 36.5 Å². The van der Waals surface area contributed by atoms with Crippen molar-refractivity contribution in [2.45, 2.75) is 30.8 Å². The third-order valence-corrected chi connectivity index (χ3v) is 4.06. The first kappa shape index (κ1) is 10.8. The second-order valence-electron chi connectivity index (χ2n) is 4.82. The van der Waals surface area contributed by atoms with E-state index in [4.69, 9.17) is 4.74 Å². The molecule has 2 fully saturated rings. The van der Waals surface area contributed by atoms with Crippen LogP contribution in [0.15, 0.2) is 28.7 Å². The Kier molecular flexibility index (Phi) is 3.01. The molecule has 0 radical (unpaired) electrons. The van der Waals surface area contributed by atoms with Crippen molar-refractivity contribution in [2.24, 2.45) is 0 Å². The smallest absolute Gasteiger partial charge is 0.0643 e. The predicted octanol–water partition coefficient (Wildman–Crippen LogP) is 2.68. The van der Waals surface area contributed by atoms with E-state index in [0.29, 0.717) is 12.1 Å². The van der Waals surface area contributed by atoms with Crippen molar-refractivity contribution in [2.75, 3.05) is 13.2 Å². The van der Waals surface area contributed by atoms with Gasteiger partial charge >= 0.3 is 0 Å². The van der Waals surface area contributed by atoms with Gasteiger partial charge in [0, 0.05) is 10.5 Å². The SMILES string of the molecule is Brc1cccc(C2CC(NC3COC3)C2)c1. The second kappa shape index (κ2) is 4.47. The maximum atomic E-state index is 5.16. The number of rotatable bonds is 3. The van der Waals surface area contributed by atoms with E-state index in [2.05, 4.69) is 45.5 Å². The molecule has 1 heterocycles. The van der Waals surface area contributed by atoms with Crippen molar-refractivity contribution in [1.29, 1.82) is 0 Å². The number of halogens is 1. The first-order valence-corrected chi connectivity index (χ1v) is 6.70. The summed E-state index contributed by atoms with van der Waals surface area (Å²) in [7, 11) is 0. The van der Waals surface area contributed by atoms with Crippen molar-refractivity contribution >= 4 is 15.9 Å². The molecule has 1 N–H and O–H groups in total. The lowest BCUT2D eigenvalue weighted by Crippen LogP contribution is -2.53. The molecular weight excluding hydrogens is 266 g/mol. The molecule has 1 saturated heterocycles. The van der Waals surface area contributed by atoms with E-state index in [1.165, 1.54) is 22.9 Å². The Labute approximate surface area is 105 Å². The van der Waals surface area contributed by atoms with Crippen LogP contribution in [-0.2, 0) is 4.74 Å². The summed E-state index contributed by atoms with van der Waals surface area (Å²) in [6.07, 6.45) is 2.54. The largest absolute Gasteiger partial charge is 0.378 e. The van der Waals surface area contributed by atoms with Gasteiger partial charge in [0.15, 0.2) is 0 Å². The van der Waals surface area contributed by atoms with Crippen LogP contribution in [0.4, 0.5) is 0 Å². The van der Waals surface area contributed by atoms with Gasteiger partial charge in [-0.2, -0.15) is 0 Å². The Bertz CT molecular complexity index is 372. The standard InChI is InChI=1S/C13H16BrNO/c14-11-3-1-2-9(4-11)10-5-12(6-10)15-13-7-16-8-13/h1-4,10,12-13,15H,5-8H2. The average molecular weight is 282 g/mol. The number of ether oxygens (including phenoxy) is 1. The van der Waals surface area contributed by atoms with E-state index in [1.807, 2.05) is 0 Å². The minimum absolute atomic E-state index is 0.619. The van der Waals surface area contributed by atoms with Gasteiger partial charge in [0.25, 0.3) is 0 Å². The highest BCUT2D eigenvalue weighted by Crippen LogP contribution is 2.38. The number of nitrogens with one attached hydrogen (secondary N) is 1. The average Bonchev–Trinajstić information content (AvgIpc) is 2.12. The normalized spacial score (nSPS) is 29.6. The first-order valence-electron chi connectivity index (χ1n) is 5.90. The van der Waals surface area contributed by atoms with Gasteiger partial charge < -0.3 is 10.1 Å². The third-order valence-electron chi connectivity index (χ3n) is 3.57. The van der Waals surface area contributed by atoms with E-state index in [9.17, 15) is 0 Å². The van der Waals surface area contributed by atoms with Gasteiger partial charge in [-0.3, -0.25) is 0 Å². The molecular formula is C13H16BrNO. The Balaban J connectivity index is 1.52. The quantitative estimate of drug-likeness (QED) is 0.920. The van der Waals surface area contributed by atoms with Crippen LogP contribution in [0.3, 0.4) is 0 Å². The molecule has 0 aromatic heterocycles. The molecule has 2 nitrogen and oxygen atoms in total. The second-order valence-corrected chi connectivity index (χ2v) is 5.74. The summed E-state index contributed by atoms with van der Waals surface area (Å²) >= 11 is 3.53. The molecule has 3 heteroatoms. The summed E-state index contributed by atoms with van der Waals surface area (Å²) in [5.41, 5.74) is 1.47. The third kappa shape index (κ3) is 2.17. The number of hydrogen-bond donors (Lipinski definition) is 1. The van der Waals surface area contributed by atoms with Crippen LogP contribution in [-0.4, -0.2) is 25.3 Å². The lowest BCUT2D eigenvalue weighted by atomic mass is 9.75.